The minimum Gasteiger partial charge on any atom is -0.508 e. The number of nitrogens with zero attached hydrogens (tertiary/aromatic N) is 1. The molecule has 1 N–H and O–H groups in total. The van der Waals surface area contributed by atoms with E-state index in [9.17, 15) is 10.1 Å². The van der Waals surface area contributed by atoms with Crippen LogP contribution in [0.1, 0.15) is 38.2 Å². The second-order valence-electron chi connectivity index (χ2n) is 3.94. The summed E-state index contributed by atoms with van der Waals surface area (Å²) in [6.07, 6.45) is 4.93. The van der Waals surface area contributed by atoms with E-state index in [1.807, 2.05) is 0 Å². The van der Waals surface area contributed by atoms with Crippen LogP contribution >= 0.6 is 0 Å². The first-order chi connectivity index (χ1) is 8.13. The summed E-state index contributed by atoms with van der Waals surface area (Å²) >= 11 is 0. The van der Waals surface area contributed by atoms with Gasteiger partial charge in [0.15, 0.2) is 0 Å². The standard InChI is InChI=1S/C13H17NO3/c1-2-3-4-5-12(14(16)17)10-11-6-8-13(15)9-7-11/h6-10,15H,2-5H2,1H3/b12-10+. The fraction of sp³-hybridized carbons (Fsp3) is 0.385. The lowest BCUT2D eigenvalue weighted by Crippen LogP contribution is -1.98. The fourth-order valence-corrected chi connectivity index (χ4v) is 1.54. The van der Waals surface area contributed by atoms with Crippen LogP contribution in [-0.4, -0.2) is 10.0 Å². The molecule has 0 saturated carbocycles. The molecular formula is C13H17NO3. The number of benzene rings is 1. The maximum absolute atomic E-state index is 10.9. The summed E-state index contributed by atoms with van der Waals surface area (Å²) in [7, 11) is 0. The molecule has 1 aromatic rings. The van der Waals surface area contributed by atoms with Gasteiger partial charge in [-0.2, -0.15) is 0 Å². The Bertz CT molecular complexity index is 396. The van der Waals surface area contributed by atoms with Crippen molar-refractivity contribution in [1.29, 1.82) is 0 Å². The number of hydrogen-bond donors (Lipinski definition) is 1. The predicted octanol–water partition coefficient (Wildman–Crippen LogP) is 3.59. The lowest BCUT2D eigenvalue weighted by atomic mass is 10.1. The molecule has 4 nitrogen and oxygen atoms in total. The molecule has 92 valence electrons. The summed E-state index contributed by atoms with van der Waals surface area (Å²) in [5.41, 5.74) is 0.968. The van der Waals surface area contributed by atoms with Gasteiger partial charge in [-0.3, -0.25) is 10.1 Å². The zero-order chi connectivity index (χ0) is 12.7. The average Bonchev–Trinajstić information content (AvgIpc) is 2.30. The minimum atomic E-state index is -0.331. The number of nitro groups is 1. The normalized spacial score (nSPS) is 11.5. The van der Waals surface area contributed by atoms with Crippen molar-refractivity contribution in [2.45, 2.75) is 32.6 Å². The summed E-state index contributed by atoms with van der Waals surface area (Å²) in [5, 5.41) is 20.0. The second kappa shape index (κ2) is 6.68. The average molecular weight is 235 g/mol. The number of phenolic OH excluding ortho intramolecular Hbond substituents is 1. The van der Waals surface area contributed by atoms with Gasteiger partial charge in [0.2, 0.25) is 5.70 Å². The highest BCUT2D eigenvalue weighted by Gasteiger charge is 2.09. The molecule has 17 heavy (non-hydrogen) atoms. The van der Waals surface area contributed by atoms with Crippen LogP contribution in [0.3, 0.4) is 0 Å². The van der Waals surface area contributed by atoms with Crippen molar-refractivity contribution in [3.63, 3.8) is 0 Å². The molecule has 4 heteroatoms. The Balaban J connectivity index is 2.75. The van der Waals surface area contributed by atoms with Gasteiger partial charge in [0.1, 0.15) is 5.75 Å². The highest BCUT2D eigenvalue weighted by atomic mass is 16.6. The third-order valence-electron chi connectivity index (χ3n) is 2.50. The van der Waals surface area contributed by atoms with Gasteiger partial charge >= 0.3 is 0 Å². The summed E-state index contributed by atoms with van der Waals surface area (Å²) in [6, 6.07) is 6.38. The topological polar surface area (TPSA) is 63.4 Å². The van der Waals surface area contributed by atoms with Crippen molar-refractivity contribution in [1.82, 2.24) is 0 Å². The quantitative estimate of drug-likeness (QED) is 0.465. The van der Waals surface area contributed by atoms with E-state index in [1.165, 1.54) is 12.1 Å². The highest BCUT2D eigenvalue weighted by molar-refractivity contribution is 5.52. The molecule has 1 rings (SSSR count). The number of aromatic hydroxyl groups is 1. The smallest absolute Gasteiger partial charge is 0.246 e. The van der Waals surface area contributed by atoms with E-state index in [2.05, 4.69) is 6.92 Å². The van der Waals surface area contributed by atoms with E-state index in [0.29, 0.717) is 6.42 Å². The molecule has 0 heterocycles. The van der Waals surface area contributed by atoms with Crippen LogP contribution in [0.2, 0.25) is 0 Å². The number of unbranched alkanes of at least 4 members (excludes halogenated alkanes) is 2. The van der Waals surface area contributed by atoms with Crippen molar-refractivity contribution >= 4 is 6.08 Å². The lowest BCUT2D eigenvalue weighted by Gasteiger charge is -1.99. The SMILES string of the molecule is CCCCC/C(=C\c1ccc(O)cc1)[N+](=O)[O-]. The van der Waals surface area contributed by atoms with Crippen molar-refractivity contribution in [2.75, 3.05) is 0 Å². The summed E-state index contributed by atoms with van der Waals surface area (Å²) in [4.78, 5) is 10.5. The van der Waals surface area contributed by atoms with Crippen LogP contribution in [-0.2, 0) is 0 Å². The van der Waals surface area contributed by atoms with Gasteiger partial charge in [-0.15, -0.1) is 0 Å². The van der Waals surface area contributed by atoms with Crippen LogP contribution in [0.5, 0.6) is 5.75 Å². The Morgan fingerprint density at radius 3 is 2.53 bits per heavy atom. The van der Waals surface area contributed by atoms with E-state index in [4.69, 9.17) is 5.11 Å². The molecule has 0 aliphatic carbocycles. The van der Waals surface area contributed by atoms with Crippen molar-refractivity contribution in [3.8, 4) is 5.75 Å². The summed E-state index contributed by atoms with van der Waals surface area (Å²) < 4.78 is 0. The second-order valence-corrected chi connectivity index (χ2v) is 3.94. The minimum absolute atomic E-state index is 0.163. The van der Waals surface area contributed by atoms with E-state index in [1.54, 1.807) is 18.2 Å². The van der Waals surface area contributed by atoms with Crippen LogP contribution in [0.15, 0.2) is 30.0 Å². The molecule has 0 amide bonds. The first-order valence-electron chi connectivity index (χ1n) is 5.77. The maximum atomic E-state index is 10.9. The lowest BCUT2D eigenvalue weighted by molar-refractivity contribution is -0.426. The molecule has 0 saturated heterocycles. The molecule has 0 unspecified atom stereocenters. The van der Waals surface area contributed by atoms with Crippen LogP contribution in [0.4, 0.5) is 0 Å². The third-order valence-corrected chi connectivity index (χ3v) is 2.50. The van der Waals surface area contributed by atoms with Crippen molar-refractivity contribution < 1.29 is 10.0 Å². The van der Waals surface area contributed by atoms with Crippen LogP contribution in [0, 0.1) is 10.1 Å². The molecule has 0 atom stereocenters. The summed E-state index contributed by atoms with van der Waals surface area (Å²) in [6.45, 7) is 2.07. The molecule has 0 fully saturated rings. The number of allylic oxidation sites excluding steroid dienone is 1. The zero-order valence-electron chi connectivity index (χ0n) is 9.93. The molecule has 0 aliphatic rings. The Kier molecular flexibility index (Phi) is 5.20. The highest BCUT2D eigenvalue weighted by Crippen LogP contribution is 2.16. The summed E-state index contributed by atoms with van der Waals surface area (Å²) in [5.74, 6) is 0.163. The largest absolute Gasteiger partial charge is 0.508 e. The van der Waals surface area contributed by atoms with E-state index in [0.717, 1.165) is 24.8 Å². The molecule has 0 radical (unpaired) electrons. The molecule has 1 aromatic carbocycles. The number of phenols is 1. The van der Waals surface area contributed by atoms with Gasteiger partial charge in [0, 0.05) is 12.5 Å². The third kappa shape index (κ3) is 4.68. The van der Waals surface area contributed by atoms with Gasteiger partial charge in [0.25, 0.3) is 0 Å². The van der Waals surface area contributed by atoms with Crippen molar-refractivity contribution in [3.05, 3.63) is 45.6 Å². The Morgan fingerprint density at radius 2 is 2.00 bits per heavy atom. The van der Waals surface area contributed by atoms with Gasteiger partial charge in [-0.1, -0.05) is 31.9 Å². The van der Waals surface area contributed by atoms with E-state index in [-0.39, 0.29) is 16.4 Å². The molecule has 0 bridgehead atoms. The number of rotatable bonds is 6. The Labute approximate surface area is 101 Å². The monoisotopic (exact) mass is 235 g/mol. The van der Waals surface area contributed by atoms with Crippen LogP contribution in [0.25, 0.3) is 6.08 Å². The van der Waals surface area contributed by atoms with Gasteiger partial charge in [-0.25, -0.2) is 0 Å². The van der Waals surface area contributed by atoms with Crippen LogP contribution < -0.4 is 0 Å². The fourth-order valence-electron chi connectivity index (χ4n) is 1.54. The zero-order valence-corrected chi connectivity index (χ0v) is 9.93. The van der Waals surface area contributed by atoms with Gasteiger partial charge in [0.05, 0.1) is 4.92 Å². The molecule has 0 aliphatic heterocycles. The molecule has 0 spiro atoms. The Morgan fingerprint density at radius 1 is 1.35 bits per heavy atom. The first kappa shape index (κ1) is 13.2. The molecular weight excluding hydrogens is 218 g/mol. The maximum Gasteiger partial charge on any atom is 0.246 e. The van der Waals surface area contributed by atoms with Crippen molar-refractivity contribution in [2.24, 2.45) is 0 Å². The predicted molar refractivity (Wildman–Crippen MR) is 67.2 cm³/mol. The van der Waals surface area contributed by atoms with Gasteiger partial charge in [-0.05, 0) is 24.1 Å². The van der Waals surface area contributed by atoms with Gasteiger partial charge < -0.3 is 5.11 Å². The van der Waals surface area contributed by atoms with E-state index < -0.39 is 0 Å². The molecule has 0 aromatic heterocycles. The first-order valence-corrected chi connectivity index (χ1v) is 5.77. The number of hydrogen-bond acceptors (Lipinski definition) is 3. The Hall–Kier alpha value is -1.84. The van der Waals surface area contributed by atoms with E-state index >= 15 is 0 Å².